The number of rotatable bonds is 12. The first kappa shape index (κ1) is 29.2. The van der Waals surface area contributed by atoms with Crippen LogP contribution in [0.5, 0.6) is 5.75 Å². The second-order valence-electron chi connectivity index (χ2n) is 9.47. The molecule has 0 fully saturated rings. The molecule has 2 aromatic rings. The summed E-state index contributed by atoms with van der Waals surface area (Å²) in [6.07, 6.45) is 1.46. The van der Waals surface area contributed by atoms with Crippen molar-refractivity contribution in [3.63, 3.8) is 0 Å². The maximum absolute atomic E-state index is 13.7. The molecule has 2 amide bonds. The van der Waals surface area contributed by atoms with Crippen molar-refractivity contribution in [1.29, 1.82) is 0 Å². The smallest absolute Gasteiger partial charge is 0.244 e. The molecule has 9 heteroatoms. The van der Waals surface area contributed by atoms with Crippen molar-refractivity contribution in [3.8, 4) is 5.75 Å². The Balaban J connectivity index is 2.43. The number of nitrogens with one attached hydrogen (secondary N) is 1. The molecular formula is C27H39N3O5S. The third-order valence-corrected chi connectivity index (χ3v) is 7.18. The summed E-state index contributed by atoms with van der Waals surface area (Å²) in [6.45, 7) is 9.89. The van der Waals surface area contributed by atoms with Gasteiger partial charge in [0.05, 0.1) is 19.1 Å². The molecule has 0 spiro atoms. The van der Waals surface area contributed by atoms with Crippen LogP contribution in [0.25, 0.3) is 0 Å². The number of hydrogen-bond acceptors (Lipinski definition) is 5. The third-order valence-electron chi connectivity index (χ3n) is 6.04. The van der Waals surface area contributed by atoms with E-state index in [1.165, 1.54) is 4.90 Å². The van der Waals surface area contributed by atoms with Crippen LogP contribution in [-0.4, -0.2) is 57.6 Å². The average Bonchev–Trinajstić information content (AvgIpc) is 2.82. The van der Waals surface area contributed by atoms with Gasteiger partial charge < -0.3 is 15.0 Å². The Morgan fingerprint density at radius 1 is 1.03 bits per heavy atom. The molecule has 36 heavy (non-hydrogen) atoms. The monoisotopic (exact) mass is 517 g/mol. The minimum Gasteiger partial charge on any atom is -0.497 e. The number of methoxy groups -OCH3 is 1. The summed E-state index contributed by atoms with van der Waals surface area (Å²) in [4.78, 5) is 28.3. The molecule has 0 aliphatic heterocycles. The Bertz CT molecular complexity index is 1150. The standard InChI is InChI=1S/C27H39N3O5S/c1-8-25(27(32)28-16-19(2)3)29(17-22-10-13-24(35-6)14-11-22)26(31)18-30(36(7,33)34)23-12-9-20(4)21(5)15-23/h9-15,19,25H,8,16-18H2,1-7H3,(H,28,32)/t25-/m1/s1. The van der Waals surface area contributed by atoms with Crippen LogP contribution in [0.1, 0.15) is 43.9 Å². The Morgan fingerprint density at radius 2 is 1.67 bits per heavy atom. The van der Waals surface area contributed by atoms with Crippen LogP contribution in [0.2, 0.25) is 0 Å². The van der Waals surface area contributed by atoms with Gasteiger partial charge in [0.15, 0.2) is 0 Å². The van der Waals surface area contributed by atoms with Crippen LogP contribution in [0.15, 0.2) is 42.5 Å². The summed E-state index contributed by atoms with van der Waals surface area (Å²) in [5.41, 5.74) is 3.16. The van der Waals surface area contributed by atoms with Gasteiger partial charge in [-0.2, -0.15) is 0 Å². The highest BCUT2D eigenvalue weighted by Gasteiger charge is 2.31. The van der Waals surface area contributed by atoms with Crippen molar-refractivity contribution in [2.24, 2.45) is 5.92 Å². The summed E-state index contributed by atoms with van der Waals surface area (Å²) < 4.78 is 31.8. The zero-order valence-corrected chi connectivity index (χ0v) is 23.2. The van der Waals surface area contributed by atoms with Gasteiger partial charge in [-0.15, -0.1) is 0 Å². The summed E-state index contributed by atoms with van der Waals surface area (Å²) in [5, 5.41) is 2.92. The van der Waals surface area contributed by atoms with Gasteiger partial charge >= 0.3 is 0 Å². The Hall–Kier alpha value is -3.07. The predicted molar refractivity (Wildman–Crippen MR) is 144 cm³/mol. The van der Waals surface area contributed by atoms with Crippen molar-refractivity contribution < 1.29 is 22.7 Å². The third kappa shape index (κ3) is 7.98. The van der Waals surface area contributed by atoms with E-state index in [0.717, 1.165) is 27.3 Å². The zero-order chi connectivity index (χ0) is 27.0. The highest BCUT2D eigenvalue weighted by Crippen LogP contribution is 2.23. The van der Waals surface area contributed by atoms with Gasteiger partial charge in [-0.05, 0) is 67.1 Å². The molecule has 2 rings (SSSR count). The molecule has 0 saturated heterocycles. The Morgan fingerprint density at radius 3 is 2.17 bits per heavy atom. The average molecular weight is 518 g/mol. The summed E-state index contributed by atoms with van der Waals surface area (Å²) >= 11 is 0. The number of sulfonamides is 1. The van der Waals surface area contributed by atoms with Crippen LogP contribution < -0.4 is 14.4 Å². The van der Waals surface area contributed by atoms with E-state index < -0.39 is 28.5 Å². The summed E-state index contributed by atoms with van der Waals surface area (Å²) in [7, 11) is -2.19. The largest absolute Gasteiger partial charge is 0.497 e. The maximum atomic E-state index is 13.7. The molecule has 0 saturated carbocycles. The fourth-order valence-corrected chi connectivity index (χ4v) is 4.61. The number of amides is 2. The van der Waals surface area contributed by atoms with Gasteiger partial charge in [0.1, 0.15) is 18.3 Å². The van der Waals surface area contributed by atoms with E-state index in [4.69, 9.17) is 4.74 Å². The second kappa shape index (κ2) is 12.8. The van der Waals surface area contributed by atoms with Crippen LogP contribution in [0, 0.1) is 19.8 Å². The number of aryl methyl sites for hydroxylation is 2. The van der Waals surface area contributed by atoms with Crippen LogP contribution in [-0.2, 0) is 26.2 Å². The zero-order valence-electron chi connectivity index (χ0n) is 22.4. The molecule has 1 N–H and O–H groups in total. The number of benzene rings is 2. The first-order valence-electron chi connectivity index (χ1n) is 12.1. The topological polar surface area (TPSA) is 96.0 Å². The molecular weight excluding hydrogens is 478 g/mol. The number of anilines is 1. The summed E-state index contributed by atoms with van der Waals surface area (Å²) in [5.74, 6) is 0.213. The molecule has 0 heterocycles. The first-order valence-corrected chi connectivity index (χ1v) is 14.0. The SMILES string of the molecule is CC[C@H](C(=O)NCC(C)C)N(Cc1ccc(OC)cc1)C(=O)CN(c1ccc(C)c(C)c1)S(C)(=O)=O. The molecule has 0 aliphatic rings. The second-order valence-corrected chi connectivity index (χ2v) is 11.4. The molecule has 0 radical (unpaired) electrons. The van der Waals surface area contributed by atoms with Gasteiger partial charge in [-0.25, -0.2) is 8.42 Å². The lowest BCUT2D eigenvalue weighted by Gasteiger charge is -2.33. The van der Waals surface area contributed by atoms with Crippen molar-refractivity contribution in [2.45, 2.75) is 53.6 Å². The van der Waals surface area contributed by atoms with Crippen LogP contribution in [0.4, 0.5) is 5.69 Å². The number of carbonyl (C=O) groups is 2. The van der Waals surface area contributed by atoms with Gasteiger partial charge in [0, 0.05) is 13.1 Å². The molecule has 1 atom stereocenters. The van der Waals surface area contributed by atoms with Crippen molar-refractivity contribution in [2.75, 3.05) is 30.8 Å². The van der Waals surface area contributed by atoms with Crippen molar-refractivity contribution in [1.82, 2.24) is 10.2 Å². The van der Waals surface area contributed by atoms with Crippen LogP contribution in [0.3, 0.4) is 0 Å². The van der Waals surface area contributed by atoms with E-state index in [1.54, 1.807) is 31.4 Å². The summed E-state index contributed by atoms with van der Waals surface area (Å²) in [6, 6.07) is 11.8. The number of carbonyl (C=O) groups excluding carboxylic acids is 2. The van der Waals surface area contributed by atoms with Gasteiger partial charge in [-0.1, -0.05) is 39.0 Å². The molecule has 8 nitrogen and oxygen atoms in total. The van der Waals surface area contributed by atoms with E-state index in [-0.39, 0.29) is 18.4 Å². The van der Waals surface area contributed by atoms with Gasteiger partial charge in [0.2, 0.25) is 21.8 Å². The highest BCUT2D eigenvalue weighted by molar-refractivity contribution is 7.92. The predicted octanol–water partition coefficient (Wildman–Crippen LogP) is 3.66. The lowest BCUT2D eigenvalue weighted by Crippen LogP contribution is -2.52. The molecule has 198 valence electrons. The quantitative estimate of drug-likeness (QED) is 0.464. The molecule has 0 unspecified atom stereocenters. The molecule has 0 bridgehead atoms. The van der Waals surface area contributed by atoms with Crippen molar-refractivity contribution >= 4 is 27.5 Å². The minimum absolute atomic E-state index is 0.154. The Labute approximate surface area is 215 Å². The van der Waals surface area contributed by atoms with Gasteiger partial charge in [-0.3, -0.25) is 13.9 Å². The normalized spacial score (nSPS) is 12.2. The van der Waals surface area contributed by atoms with E-state index >= 15 is 0 Å². The van der Waals surface area contributed by atoms with Crippen LogP contribution >= 0.6 is 0 Å². The van der Waals surface area contributed by atoms with E-state index in [2.05, 4.69) is 5.32 Å². The fraction of sp³-hybridized carbons (Fsp3) is 0.481. The van der Waals surface area contributed by atoms with E-state index in [1.807, 2.05) is 52.8 Å². The van der Waals surface area contributed by atoms with E-state index in [9.17, 15) is 18.0 Å². The molecule has 0 aromatic heterocycles. The molecule has 0 aliphatic carbocycles. The lowest BCUT2D eigenvalue weighted by atomic mass is 10.1. The molecule has 2 aromatic carbocycles. The van der Waals surface area contributed by atoms with Gasteiger partial charge in [0.25, 0.3) is 0 Å². The van der Waals surface area contributed by atoms with Crippen molar-refractivity contribution in [3.05, 3.63) is 59.2 Å². The maximum Gasteiger partial charge on any atom is 0.244 e. The minimum atomic E-state index is -3.76. The number of ether oxygens (including phenoxy) is 1. The highest BCUT2D eigenvalue weighted by atomic mass is 32.2. The Kier molecular flexibility index (Phi) is 10.3. The first-order chi connectivity index (χ1) is 16.9. The lowest BCUT2D eigenvalue weighted by molar-refractivity contribution is -0.140. The fourth-order valence-electron chi connectivity index (χ4n) is 3.76. The number of nitrogens with zero attached hydrogens (tertiary/aromatic N) is 2. The number of hydrogen-bond donors (Lipinski definition) is 1. The van der Waals surface area contributed by atoms with E-state index in [0.29, 0.717) is 24.4 Å².